The molecule has 9 heteroatoms. The zero-order valence-corrected chi connectivity index (χ0v) is 12.5. The van der Waals surface area contributed by atoms with Crippen LogP contribution in [-0.2, 0) is 0 Å². The second-order valence-corrected chi connectivity index (χ2v) is 5.59. The van der Waals surface area contributed by atoms with Gasteiger partial charge in [-0.05, 0) is 6.92 Å². The van der Waals surface area contributed by atoms with Gasteiger partial charge in [0.25, 0.3) is 5.70 Å². The lowest BCUT2D eigenvalue weighted by atomic mass is 9.92. The van der Waals surface area contributed by atoms with E-state index in [2.05, 4.69) is 15.4 Å². The van der Waals surface area contributed by atoms with Crippen LogP contribution in [0, 0.1) is 23.0 Å². The average molecular weight is 325 g/mol. The van der Waals surface area contributed by atoms with Gasteiger partial charge in [0.15, 0.2) is 17.6 Å². The topological polar surface area (TPSA) is 120 Å². The third-order valence-electron chi connectivity index (χ3n) is 4.20. The second-order valence-electron chi connectivity index (χ2n) is 5.59. The molecular formula is C15H11N5O4. The highest BCUT2D eigenvalue weighted by atomic mass is 16.6. The van der Waals surface area contributed by atoms with E-state index in [0.717, 1.165) is 6.20 Å². The number of hydrogen-bond acceptors (Lipinski definition) is 7. The Bertz CT molecular complexity index is 910. The van der Waals surface area contributed by atoms with E-state index in [0.29, 0.717) is 5.82 Å². The number of Topliss-reactive ketones (excluding diaryl/α,β-unsaturated/α-hetero) is 2. The van der Waals surface area contributed by atoms with Crippen LogP contribution in [0.2, 0.25) is 0 Å². The third-order valence-corrected chi connectivity index (χ3v) is 4.20. The minimum Gasteiger partial charge on any atom is -0.325 e. The number of nitrogens with zero attached hydrogens (tertiary/aromatic N) is 4. The molecule has 0 fully saturated rings. The van der Waals surface area contributed by atoms with Gasteiger partial charge in [-0.25, -0.2) is 4.68 Å². The van der Waals surface area contributed by atoms with Crippen LogP contribution >= 0.6 is 0 Å². The van der Waals surface area contributed by atoms with Crippen LogP contribution in [0.4, 0.5) is 5.95 Å². The minimum atomic E-state index is -1.22. The number of carbonyl (C=O) groups is 2. The largest absolute Gasteiger partial charge is 0.325 e. The number of rotatable bonds is 2. The molecule has 120 valence electrons. The van der Waals surface area contributed by atoms with Crippen molar-refractivity contribution in [2.24, 2.45) is 5.92 Å². The maximum absolute atomic E-state index is 12.7. The van der Waals surface area contributed by atoms with Crippen molar-refractivity contribution in [2.75, 3.05) is 5.32 Å². The quantitative estimate of drug-likeness (QED) is 0.503. The van der Waals surface area contributed by atoms with Gasteiger partial charge in [0.1, 0.15) is 11.7 Å². The molecule has 0 amide bonds. The number of benzene rings is 1. The maximum Gasteiger partial charge on any atom is 0.287 e. The summed E-state index contributed by atoms with van der Waals surface area (Å²) in [5.41, 5.74) is 0.270. The summed E-state index contributed by atoms with van der Waals surface area (Å²) >= 11 is 0. The Hall–Kier alpha value is -3.36. The zero-order chi connectivity index (χ0) is 17.0. The van der Waals surface area contributed by atoms with Gasteiger partial charge in [-0.15, -0.1) is 0 Å². The van der Waals surface area contributed by atoms with Gasteiger partial charge >= 0.3 is 0 Å². The van der Waals surface area contributed by atoms with Crippen molar-refractivity contribution in [1.29, 1.82) is 0 Å². The van der Waals surface area contributed by atoms with Gasteiger partial charge in [-0.1, -0.05) is 24.3 Å². The van der Waals surface area contributed by atoms with Gasteiger partial charge in [-0.2, -0.15) is 10.1 Å². The number of fused-ring (bicyclic) bond motifs is 2. The molecule has 1 unspecified atom stereocenters. The Morgan fingerprint density at radius 2 is 1.83 bits per heavy atom. The Balaban J connectivity index is 1.88. The standard InChI is InChI=1S/C15H11N5O4/c1-7-17-15-16-6-10(20(23)24)12(19(15)18-7)11-13(21)8-4-2-3-5-9(8)14(11)22/h2-6,11-12H,1H3,(H,16,17,18). The molecular weight excluding hydrogens is 314 g/mol. The van der Waals surface area contributed by atoms with Crippen molar-refractivity contribution >= 4 is 17.5 Å². The molecule has 24 heavy (non-hydrogen) atoms. The Labute approximate surface area is 135 Å². The predicted octanol–water partition coefficient (Wildman–Crippen LogP) is 1.37. The summed E-state index contributed by atoms with van der Waals surface area (Å²) in [6, 6.07) is 5.29. The van der Waals surface area contributed by atoms with Crippen molar-refractivity contribution in [1.82, 2.24) is 14.8 Å². The van der Waals surface area contributed by atoms with E-state index in [4.69, 9.17) is 0 Å². The van der Waals surface area contributed by atoms with Crippen LogP contribution in [0.5, 0.6) is 0 Å². The Morgan fingerprint density at radius 1 is 1.21 bits per heavy atom. The summed E-state index contributed by atoms with van der Waals surface area (Å²) in [6.45, 7) is 1.63. The monoisotopic (exact) mass is 325 g/mol. The molecule has 4 rings (SSSR count). The number of hydrogen-bond donors (Lipinski definition) is 1. The molecule has 2 aromatic rings. The van der Waals surface area contributed by atoms with Gasteiger partial charge < -0.3 is 5.32 Å². The number of allylic oxidation sites excluding steroid dienone is 1. The SMILES string of the molecule is Cc1nc2n(n1)C(C1C(=O)c3ccccc3C1=O)C([N+](=O)[O-])=CN2. The van der Waals surface area contributed by atoms with Crippen LogP contribution < -0.4 is 5.32 Å². The number of aryl methyl sites for hydroxylation is 1. The van der Waals surface area contributed by atoms with Crippen molar-refractivity contribution in [3.63, 3.8) is 0 Å². The highest BCUT2D eigenvalue weighted by molar-refractivity contribution is 6.26. The fraction of sp³-hybridized carbons (Fsp3) is 0.200. The number of ketones is 2. The molecule has 1 aliphatic carbocycles. The summed E-state index contributed by atoms with van der Waals surface area (Å²) in [4.78, 5) is 40.4. The van der Waals surface area contributed by atoms with E-state index in [1.165, 1.54) is 4.68 Å². The lowest BCUT2D eigenvalue weighted by Gasteiger charge is -2.23. The smallest absolute Gasteiger partial charge is 0.287 e. The Morgan fingerprint density at radius 3 is 2.42 bits per heavy atom. The van der Waals surface area contributed by atoms with Crippen LogP contribution in [0.1, 0.15) is 32.6 Å². The third kappa shape index (κ3) is 1.81. The van der Waals surface area contributed by atoms with E-state index in [1.807, 2.05) is 0 Å². The fourth-order valence-corrected chi connectivity index (χ4v) is 3.20. The number of nitro groups is 1. The highest BCUT2D eigenvalue weighted by Gasteiger charge is 2.51. The lowest BCUT2D eigenvalue weighted by molar-refractivity contribution is -0.433. The van der Waals surface area contributed by atoms with Crippen molar-refractivity contribution in [2.45, 2.75) is 13.0 Å². The molecule has 0 saturated carbocycles. The van der Waals surface area contributed by atoms with Crippen LogP contribution in [-0.4, -0.2) is 31.3 Å². The normalized spacial score (nSPS) is 19.5. The molecule has 1 N–H and O–H groups in total. The van der Waals surface area contributed by atoms with E-state index < -0.39 is 28.4 Å². The number of aromatic nitrogens is 3. The summed E-state index contributed by atoms with van der Waals surface area (Å²) in [5.74, 6) is -1.44. The lowest BCUT2D eigenvalue weighted by Crippen LogP contribution is -2.35. The molecule has 9 nitrogen and oxygen atoms in total. The highest BCUT2D eigenvalue weighted by Crippen LogP contribution is 2.40. The molecule has 0 radical (unpaired) electrons. The van der Waals surface area contributed by atoms with Gasteiger partial charge in [0.2, 0.25) is 5.95 Å². The summed E-state index contributed by atoms with van der Waals surface area (Å²) < 4.78 is 1.25. The molecule has 1 aromatic carbocycles. The van der Waals surface area contributed by atoms with Crippen molar-refractivity contribution in [3.05, 3.63) is 63.2 Å². The minimum absolute atomic E-state index is 0.264. The molecule has 0 spiro atoms. The molecule has 1 aliphatic heterocycles. The van der Waals surface area contributed by atoms with E-state index in [1.54, 1.807) is 31.2 Å². The zero-order valence-electron chi connectivity index (χ0n) is 12.5. The van der Waals surface area contributed by atoms with Crippen molar-refractivity contribution in [3.8, 4) is 0 Å². The average Bonchev–Trinajstić information content (AvgIpc) is 3.05. The first-order valence-corrected chi connectivity index (χ1v) is 7.20. The molecule has 0 bridgehead atoms. The predicted molar refractivity (Wildman–Crippen MR) is 81.1 cm³/mol. The van der Waals surface area contributed by atoms with E-state index in [9.17, 15) is 19.7 Å². The van der Waals surface area contributed by atoms with Crippen LogP contribution in [0.15, 0.2) is 36.2 Å². The van der Waals surface area contributed by atoms with E-state index in [-0.39, 0.29) is 22.8 Å². The molecule has 1 aromatic heterocycles. The second kappa shape index (κ2) is 4.82. The van der Waals surface area contributed by atoms with Crippen molar-refractivity contribution < 1.29 is 14.5 Å². The number of anilines is 1. The fourth-order valence-electron chi connectivity index (χ4n) is 3.20. The van der Waals surface area contributed by atoms with Gasteiger partial charge in [0, 0.05) is 11.1 Å². The first-order valence-electron chi connectivity index (χ1n) is 7.20. The van der Waals surface area contributed by atoms with Crippen LogP contribution in [0.25, 0.3) is 0 Å². The van der Waals surface area contributed by atoms with Crippen LogP contribution in [0.3, 0.4) is 0 Å². The molecule has 0 saturated heterocycles. The number of nitrogens with one attached hydrogen (secondary N) is 1. The summed E-state index contributed by atoms with van der Waals surface area (Å²) in [5, 5.41) is 18.3. The maximum atomic E-state index is 12.7. The molecule has 2 aliphatic rings. The van der Waals surface area contributed by atoms with Gasteiger partial charge in [-0.3, -0.25) is 19.7 Å². The van der Waals surface area contributed by atoms with E-state index >= 15 is 0 Å². The summed E-state index contributed by atoms with van der Waals surface area (Å²) in [7, 11) is 0. The Kier molecular flexibility index (Phi) is 2.86. The first kappa shape index (κ1) is 14.2. The molecule has 2 heterocycles. The first-order chi connectivity index (χ1) is 11.5. The number of carbonyl (C=O) groups excluding carboxylic acids is 2. The molecule has 1 atom stereocenters. The summed E-state index contributed by atoms with van der Waals surface area (Å²) in [6.07, 6.45) is 1.16. The van der Waals surface area contributed by atoms with Gasteiger partial charge in [0.05, 0.1) is 11.1 Å².